The Morgan fingerprint density at radius 3 is 2.86 bits per heavy atom. The van der Waals surface area contributed by atoms with Gasteiger partial charge >= 0.3 is 0 Å². The number of nitrogens with two attached hydrogens (primary N) is 1. The second-order valence-corrected chi connectivity index (χ2v) is 4.85. The number of likely N-dealkylation sites (tertiary alicyclic amines) is 1. The van der Waals surface area contributed by atoms with E-state index in [1.807, 2.05) is 0 Å². The van der Waals surface area contributed by atoms with E-state index in [0.29, 0.717) is 0 Å². The number of nitrogens with zero attached hydrogens (tertiary/aromatic N) is 1. The molecule has 0 saturated carbocycles. The molecule has 0 bridgehead atoms. The standard InChI is InChI=1S/C12H26N2/c1-3-12(9-13)6-8-14-7-4-5-11(2)10-14/h11-12H,3-10,13H2,1-2H3. The molecular weight excluding hydrogens is 172 g/mol. The smallest absolute Gasteiger partial charge is 0.000703 e. The van der Waals surface area contributed by atoms with Crippen LogP contribution in [-0.2, 0) is 0 Å². The van der Waals surface area contributed by atoms with Gasteiger partial charge in [0.15, 0.2) is 0 Å². The maximum Gasteiger partial charge on any atom is 0.000703 e. The van der Waals surface area contributed by atoms with E-state index in [2.05, 4.69) is 18.7 Å². The molecule has 0 amide bonds. The Kier molecular flexibility index (Phi) is 5.49. The van der Waals surface area contributed by atoms with E-state index in [4.69, 9.17) is 5.73 Å². The van der Waals surface area contributed by atoms with Crippen LogP contribution in [0.2, 0.25) is 0 Å². The lowest BCUT2D eigenvalue weighted by molar-refractivity contribution is 0.173. The van der Waals surface area contributed by atoms with Crippen molar-refractivity contribution >= 4 is 0 Å². The summed E-state index contributed by atoms with van der Waals surface area (Å²) in [7, 11) is 0. The van der Waals surface area contributed by atoms with Crippen LogP contribution < -0.4 is 5.73 Å². The normalized spacial score (nSPS) is 26.4. The highest BCUT2D eigenvalue weighted by molar-refractivity contribution is 4.71. The number of hydrogen-bond donors (Lipinski definition) is 1. The van der Waals surface area contributed by atoms with E-state index in [-0.39, 0.29) is 0 Å². The molecule has 2 heteroatoms. The second-order valence-electron chi connectivity index (χ2n) is 4.85. The maximum absolute atomic E-state index is 5.71. The lowest BCUT2D eigenvalue weighted by atomic mass is 9.98. The van der Waals surface area contributed by atoms with Crippen LogP contribution in [0.15, 0.2) is 0 Å². The average molecular weight is 198 g/mol. The van der Waals surface area contributed by atoms with E-state index in [0.717, 1.165) is 18.4 Å². The van der Waals surface area contributed by atoms with Gasteiger partial charge in [-0.1, -0.05) is 20.3 Å². The van der Waals surface area contributed by atoms with Crippen molar-refractivity contribution in [3.05, 3.63) is 0 Å². The first-order valence-electron chi connectivity index (χ1n) is 6.18. The lowest BCUT2D eigenvalue weighted by Crippen LogP contribution is -2.36. The van der Waals surface area contributed by atoms with Gasteiger partial charge in [-0.15, -0.1) is 0 Å². The molecule has 0 radical (unpaired) electrons. The van der Waals surface area contributed by atoms with E-state index in [9.17, 15) is 0 Å². The Labute approximate surface area is 88.8 Å². The molecule has 2 nitrogen and oxygen atoms in total. The van der Waals surface area contributed by atoms with Gasteiger partial charge < -0.3 is 10.6 Å². The zero-order chi connectivity index (χ0) is 10.4. The lowest BCUT2D eigenvalue weighted by Gasteiger charge is -2.31. The van der Waals surface area contributed by atoms with Crippen LogP contribution in [0.1, 0.15) is 39.5 Å². The van der Waals surface area contributed by atoms with Crippen LogP contribution in [0.4, 0.5) is 0 Å². The van der Waals surface area contributed by atoms with Crippen LogP contribution >= 0.6 is 0 Å². The van der Waals surface area contributed by atoms with E-state index >= 15 is 0 Å². The zero-order valence-corrected chi connectivity index (χ0v) is 9.84. The second kappa shape index (κ2) is 6.41. The molecule has 0 aliphatic carbocycles. The van der Waals surface area contributed by atoms with Crippen molar-refractivity contribution in [2.75, 3.05) is 26.2 Å². The molecule has 2 N–H and O–H groups in total. The average Bonchev–Trinajstić information content (AvgIpc) is 2.19. The third-order valence-corrected chi connectivity index (χ3v) is 3.51. The van der Waals surface area contributed by atoms with Crippen LogP contribution in [0.5, 0.6) is 0 Å². The molecule has 1 aliphatic rings. The molecule has 1 saturated heterocycles. The molecular formula is C12H26N2. The molecule has 14 heavy (non-hydrogen) atoms. The molecule has 0 aromatic heterocycles. The predicted octanol–water partition coefficient (Wildman–Crippen LogP) is 2.09. The van der Waals surface area contributed by atoms with Crippen molar-refractivity contribution < 1.29 is 0 Å². The summed E-state index contributed by atoms with van der Waals surface area (Å²) in [5, 5.41) is 0. The van der Waals surface area contributed by atoms with Crippen molar-refractivity contribution in [2.24, 2.45) is 17.6 Å². The number of piperidine rings is 1. The summed E-state index contributed by atoms with van der Waals surface area (Å²) in [6, 6.07) is 0. The topological polar surface area (TPSA) is 29.3 Å². The fourth-order valence-corrected chi connectivity index (χ4v) is 2.34. The molecule has 1 rings (SSSR count). The summed E-state index contributed by atoms with van der Waals surface area (Å²) < 4.78 is 0. The van der Waals surface area contributed by atoms with Crippen molar-refractivity contribution in [1.29, 1.82) is 0 Å². The van der Waals surface area contributed by atoms with Crippen molar-refractivity contribution in [3.8, 4) is 0 Å². The largest absolute Gasteiger partial charge is 0.330 e. The zero-order valence-electron chi connectivity index (χ0n) is 9.84. The summed E-state index contributed by atoms with van der Waals surface area (Å²) in [5.74, 6) is 1.65. The first-order valence-corrected chi connectivity index (χ1v) is 6.18. The summed E-state index contributed by atoms with van der Waals surface area (Å²) in [4.78, 5) is 2.62. The van der Waals surface area contributed by atoms with E-state index < -0.39 is 0 Å². The summed E-state index contributed by atoms with van der Waals surface area (Å²) in [6.45, 7) is 9.36. The van der Waals surface area contributed by atoms with Crippen LogP contribution in [0.25, 0.3) is 0 Å². The fraction of sp³-hybridized carbons (Fsp3) is 1.00. The first kappa shape index (κ1) is 12.0. The quantitative estimate of drug-likeness (QED) is 0.733. The molecule has 0 aromatic carbocycles. The van der Waals surface area contributed by atoms with E-state index in [1.54, 1.807) is 0 Å². The van der Waals surface area contributed by atoms with Gasteiger partial charge in [-0.05, 0) is 50.7 Å². The number of rotatable bonds is 5. The van der Waals surface area contributed by atoms with Gasteiger partial charge in [0, 0.05) is 6.54 Å². The monoisotopic (exact) mass is 198 g/mol. The molecule has 1 fully saturated rings. The highest BCUT2D eigenvalue weighted by Crippen LogP contribution is 2.17. The molecule has 84 valence electrons. The van der Waals surface area contributed by atoms with Gasteiger partial charge in [0.05, 0.1) is 0 Å². The highest BCUT2D eigenvalue weighted by atomic mass is 15.1. The Hall–Kier alpha value is -0.0800. The first-order chi connectivity index (χ1) is 6.76. The number of hydrogen-bond acceptors (Lipinski definition) is 2. The van der Waals surface area contributed by atoms with E-state index in [1.165, 1.54) is 45.3 Å². The maximum atomic E-state index is 5.71. The van der Waals surface area contributed by atoms with Crippen molar-refractivity contribution in [2.45, 2.75) is 39.5 Å². The van der Waals surface area contributed by atoms with Gasteiger partial charge in [-0.2, -0.15) is 0 Å². The summed E-state index contributed by atoms with van der Waals surface area (Å²) in [6.07, 6.45) is 5.34. The summed E-state index contributed by atoms with van der Waals surface area (Å²) >= 11 is 0. The third-order valence-electron chi connectivity index (χ3n) is 3.51. The van der Waals surface area contributed by atoms with Gasteiger partial charge in [0.25, 0.3) is 0 Å². The highest BCUT2D eigenvalue weighted by Gasteiger charge is 2.16. The SMILES string of the molecule is CCC(CN)CCN1CCCC(C)C1. The van der Waals surface area contributed by atoms with Gasteiger partial charge in [-0.3, -0.25) is 0 Å². The van der Waals surface area contributed by atoms with Gasteiger partial charge in [-0.25, -0.2) is 0 Å². The minimum Gasteiger partial charge on any atom is -0.330 e. The van der Waals surface area contributed by atoms with Crippen molar-refractivity contribution in [3.63, 3.8) is 0 Å². The van der Waals surface area contributed by atoms with Gasteiger partial charge in [0.2, 0.25) is 0 Å². The Morgan fingerprint density at radius 1 is 1.50 bits per heavy atom. The predicted molar refractivity (Wildman–Crippen MR) is 62.3 cm³/mol. The van der Waals surface area contributed by atoms with Crippen molar-refractivity contribution in [1.82, 2.24) is 4.90 Å². The fourth-order valence-electron chi connectivity index (χ4n) is 2.34. The van der Waals surface area contributed by atoms with Crippen LogP contribution in [-0.4, -0.2) is 31.1 Å². The molecule has 2 unspecified atom stereocenters. The molecule has 2 atom stereocenters. The van der Waals surface area contributed by atoms with Crippen LogP contribution in [0.3, 0.4) is 0 Å². The third kappa shape index (κ3) is 3.97. The minimum absolute atomic E-state index is 0.743. The van der Waals surface area contributed by atoms with Gasteiger partial charge in [0.1, 0.15) is 0 Å². The molecule has 1 aliphatic heterocycles. The molecule has 1 heterocycles. The minimum atomic E-state index is 0.743. The molecule has 0 aromatic rings. The van der Waals surface area contributed by atoms with Crippen LogP contribution in [0, 0.1) is 11.8 Å². The Bertz CT molecular complexity index is 143. The Balaban J connectivity index is 2.16. The summed E-state index contributed by atoms with van der Waals surface area (Å²) in [5.41, 5.74) is 5.71. The molecule has 0 spiro atoms. The Morgan fingerprint density at radius 2 is 2.29 bits per heavy atom.